The monoisotopic (exact) mass is 457 g/mol. The molecule has 0 saturated heterocycles. The maximum atomic E-state index is 12.8. The summed E-state index contributed by atoms with van der Waals surface area (Å²) in [7, 11) is 4.72. The van der Waals surface area contributed by atoms with Gasteiger partial charge in [-0.3, -0.25) is 4.79 Å². The predicted octanol–water partition coefficient (Wildman–Crippen LogP) is 6.48. The van der Waals surface area contributed by atoms with Gasteiger partial charge in [-0.2, -0.15) is 0 Å². The summed E-state index contributed by atoms with van der Waals surface area (Å²) in [5.41, 5.74) is 6.14. The van der Waals surface area contributed by atoms with Gasteiger partial charge in [0.2, 0.25) is 5.91 Å². The Labute approximate surface area is 198 Å². The number of amides is 1. The van der Waals surface area contributed by atoms with E-state index in [2.05, 4.69) is 36.5 Å². The lowest BCUT2D eigenvalue weighted by Gasteiger charge is -2.11. The number of anilines is 1. The number of carbonyl (C=O) groups is 1. The largest absolute Gasteiger partial charge is 0.496 e. The molecule has 0 bridgehead atoms. The summed E-state index contributed by atoms with van der Waals surface area (Å²) in [4.78, 5) is 12.8. The molecule has 0 radical (unpaired) electrons. The van der Waals surface area contributed by atoms with Crippen LogP contribution in [0.3, 0.4) is 0 Å². The molecule has 3 aromatic carbocycles. The van der Waals surface area contributed by atoms with Gasteiger partial charge in [0, 0.05) is 40.4 Å². The maximum absolute atomic E-state index is 12.8. The zero-order valence-corrected chi connectivity index (χ0v) is 19.9. The average Bonchev–Trinajstić information content (AvgIpc) is 3.26. The lowest BCUT2D eigenvalue weighted by atomic mass is 9.99. The van der Waals surface area contributed by atoms with Gasteiger partial charge in [0.05, 0.1) is 27.6 Å². The van der Waals surface area contributed by atoms with Crippen LogP contribution in [-0.2, 0) is 4.79 Å². The zero-order valence-electron chi connectivity index (χ0n) is 19.9. The van der Waals surface area contributed by atoms with Crippen LogP contribution in [0.4, 0.5) is 5.69 Å². The van der Waals surface area contributed by atoms with Gasteiger partial charge >= 0.3 is 0 Å². The minimum Gasteiger partial charge on any atom is -0.496 e. The summed E-state index contributed by atoms with van der Waals surface area (Å²) < 4.78 is 22.0. The molecule has 6 heteroatoms. The van der Waals surface area contributed by atoms with E-state index < -0.39 is 0 Å². The van der Waals surface area contributed by atoms with Crippen molar-refractivity contribution in [3.8, 4) is 28.4 Å². The third-order valence-corrected chi connectivity index (χ3v) is 5.68. The Morgan fingerprint density at radius 3 is 2.26 bits per heavy atom. The molecule has 0 unspecified atom stereocenters. The van der Waals surface area contributed by atoms with Crippen molar-refractivity contribution < 1.29 is 23.4 Å². The first-order valence-electron chi connectivity index (χ1n) is 10.8. The number of carbonyl (C=O) groups excluding carboxylic acids is 1. The normalized spacial score (nSPS) is 11.4. The van der Waals surface area contributed by atoms with Crippen LogP contribution < -0.4 is 19.5 Å². The number of aryl methyl sites for hydroxylation is 1. The van der Waals surface area contributed by atoms with Gasteiger partial charge in [0.25, 0.3) is 0 Å². The van der Waals surface area contributed by atoms with E-state index in [4.69, 9.17) is 18.6 Å². The molecule has 6 nitrogen and oxygen atoms in total. The Kier molecular flexibility index (Phi) is 6.59. The van der Waals surface area contributed by atoms with Crippen LogP contribution >= 0.6 is 0 Å². The molecule has 0 aliphatic rings. The molecule has 4 rings (SSSR count). The highest BCUT2D eigenvalue weighted by Gasteiger charge is 2.15. The summed E-state index contributed by atoms with van der Waals surface area (Å²) in [5, 5.41) is 3.82. The molecule has 1 heterocycles. The van der Waals surface area contributed by atoms with Crippen LogP contribution in [0.5, 0.6) is 17.2 Å². The van der Waals surface area contributed by atoms with Gasteiger partial charge in [-0.05, 0) is 43.2 Å². The second-order valence-electron chi connectivity index (χ2n) is 7.95. The zero-order chi connectivity index (χ0) is 24.2. The number of methoxy groups -OCH3 is 3. The average molecular weight is 458 g/mol. The van der Waals surface area contributed by atoms with Gasteiger partial charge in [0.15, 0.2) is 11.5 Å². The van der Waals surface area contributed by atoms with Crippen molar-refractivity contribution >= 4 is 28.1 Å². The maximum Gasteiger partial charge on any atom is 0.248 e. The second kappa shape index (κ2) is 9.75. The number of fused-ring (bicyclic) bond motifs is 1. The smallest absolute Gasteiger partial charge is 0.248 e. The molecule has 0 spiro atoms. The Bertz CT molecular complexity index is 1370. The Morgan fingerprint density at radius 1 is 0.882 bits per heavy atom. The number of nitrogens with one attached hydrogen (secondary N) is 1. The van der Waals surface area contributed by atoms with Crippen molar-refractivity contribution in [1.29, 1.82) is 0 Å². The summed E-state index contributed by atoms with van der Waals surface area (Å²) >= 11 is 0. The highest BCUT2D eigenvalue weighted by atomic mass is 16.5. The number of allylic oxidation sites excluding steroid dienone is 1. The standard InChI is InChI=1S/C28H27NO5/c1-17-6-8-19(9-7-17)23-16-34-26-15-25(32-4)21(14-22(23)26)18(2)12-28(30)29-20-10-11-24(31-3)27(13-20)33-5/h6-16H,1-5H3,(H,29,30)/b18-12+. The van der Waals surface area contributed by atoms with E-state index in [0.717, 1.165) is 33.2 Å². The molecule has 0 fully saturated rings. The summed E-state index contributed by atoms with van der Waals surface area (Å²) in [6, 6.07) is 17.4. The van der Waals surface area contributed by atoms with Crippen LogP contribution in [-0.4, -0.2) is 27.2 Å². The Morgan fingerprint density at radius 2 is 1.59 bits per heavy atom. The van der Waals surface area contributed by atoms with Crippen LogP contribution in [0.1, 0.15) is 18.1 Å². The fourth-order valence-corrected chi connectivity index (χ4v) is 3.86. The lowest BCUT2D eigenvalue weighted by Crippen LogP contribution is -2.09. The van der Waals surface area contributed by atoms with Gasteiger partial charge in [-0.1, -0.05) is 29.8 Å². The first-order chi connectivity index (χ1) is 16.4. The molecule has 1 aromatic heterocycles. The highest BCUT2D eigenvalue weighted by molar-refractivity contribution is 6.05. The number of benzene rings is 3. The van der Waals surface area contributed by atoms with Crippen molar-refractivity contribution in [2.75, 3.05) is 26.6 Å². The molecule has 0 atom stereocenters. The van der Waals surface area contributed by atoms with Crippen LogP contribution in [0.15, 0.2) is 71.4 Å². The van der Waals surface area contributed by atoms with E-state index in [0.29, 0.717) is 22.9 Å². The van der Waals surface area contributed by atoms with Gasteiger partial charge in [0.1, 0.15) is 11.3 Å². The number of furan rings is 1. The van der Waals surface area contributed by atoms with Crippen LogP contribution in [0, 0.1) is 6.92 Å². The minimum atomic E-state index is -0.266. The molecule has 0 aliphatic heterocycles. The first kappa shape index (κ1) is 23.0. The number of hydrogen-bond acceptors (Lipinski definition) is 5. The fourth-order valence-electron chi connectivity index (χ4n) is 3.86. The van der Waals surface area contributed by atoms with Crippen molar-refractivity contribution in [1.82, 2.24) is 0 Å². The van der Waals surface area contributed by atoms with Crippen LogP contribution in [0.25, 0.3) is 27.7 Å². The summed E-state index contributed by atoms with van der Waals surface area (Å²) in [6.07, 6.45) is 3.30. The quantitative estimate of drug-likeness (QED) is 0.322. The van der Waals surface area contributed by atoms with Crippen molar-refractivity contribution in [3.05, 3.63) is 78.1 Å². The van der Waals surface area contributed by atoms with Gasteiger partial charge in [-0.25, -0.2) is 0 Å². The third-order valence-electron chi connectivity index (χ3n) is 5.68. The molecule has 1 amide bonds. The van der Waals surface area contributed by atoms with E-state index >= 15 is 0 Å². The van der Waals surface area contributed by atoms with Gasteiger partial charge < -0.3 is 23.9 Å². The summed E-state index contributed by atoms with van der Waals surface area (Å²) in [5.74, 6) is 1.49. The topological polar surface area (TPSA) is 69.9 Å². The molecule has 1 N–H and O–H groups in total. The third kappa shape index (κ3) is 4.62. The summed E-state index contributed by atoms with van der Waals surface area (Å²) in [6.45, 7) is 3.94. The fraction of sp³-hybridized carbons (Fsp3) is 0.179. The van der Waals surface area contributed by atoms with Crippen molar-refractivity contribution in [2.45, 2.75) is 13.8 Å². The molecular formula is C28H27NO5. The molecular weight excluding hydrogens is 430 g/mol. The first-order valence-corrected chi connectivity index (χ1v) is 10.8. The van der Waals surface area contributed by atoms with E-state index in [1.807, 2.05) is 19.1 Å². The van der Waals surface area contributed by atoms with E-state index in [1.165, 1.54) is 5.56 Å². The number of rotatable bonds is 7. The minimum absolute atomic E-state index is 0.266. The molecule has 34 heavy (non-hydrogen) atoms. The highest BCUT2D eigenvalue weighted by Crippen LogP contribution is 2.37. The van der Waals surface area contributed by atoms with E-state index in [9.17, 15) is 4.79 Å². The Hall–Kier alpha value is -4.19. The molecule has 4 aromatic rings. The Balaban J connectivity index is 1.66. The lowest BCUT2D eigenvalue weighted by molar-refractivity contribution is -0.111. The predicted molar refractivity (Wildman–Crippen MR) is 135 cm³/mol. The van der Waals surface area contributed by atoms with Crippen molar-refractivity contribution in [3.63, 3.8) is 0 Å². The van der Waals surface area contributed by atoms with E-state index in [-0.39, 0.29) is 5.91 Å². The van der Waals surface area contributed by atoms with Gasteiger partial charge in [-0.15, -0.1) is 0 Å². The SMILES string of the molecule is COc1ccc(NC(=O)/C=C(\C)c2cc3c(-c4ccc(C)cc4)coc3cc2OC)cc1OC. The van der Waals surface area contributed by atoms with E-state index in [1.54, 1.807) is 51.9 Å². The van der Waals surface area contributed by atoms with Crippen LogP contribution in [0.2, 0.25) is 0 Å². The number of hydrogen-bond donors (Lipinski definition) is 1. The molecule has 174 valence electrons. The molecule has 0 saturated carbocycles. The van der Waals surface area contributed by atoms with Crippen molar-refractivity contribution in [2.24, 2.45) is 0 Å². The second-order valence-corrected chi connectivity index (χ2v) is 7.95. The number of ether oxygens (including phenoxy) is 3. The molecule has 0 aliphatic carbocycles.